The summed E-state index contributed by atoms with van der Waals surface area (Å²) in [5.41, 5.74) is 3.46. The summed E-state index contributed by atoms with van der Waals surface area (Å²) in [5, 5.41) is 5.77. The lowest BCUT2D eigenvalue weighted by Gasteiger charge is -2.35. The highest BCUT2D eigenvalue weighted by molar-refractivity contribution is 6.00. The SMILES string of the molecule is C=CCN(C(=O)C(NC(=O)OC(C)(C)C)C(C)C)C(C(=O)Nc1c(C)cccc1C)c1cccc(C)c1. The Hall–Kier alpha value is -3.61. The number of hydrogen-bond donors (Lipinski definition) is 2. The summed E-state index contributed by atoms with van der Waals surface area (Å²) in [6.45, 7) is 18.7. The van der Waals surface area contributed by atoms with Crippen LogP contribution in [-0.2, 0) is 14.3 Å². The van der Waals surface area contributed by atoms with E-state index in [9.17, 15) is 14.4 Å². The molecular weight excluding hydrogens is 466 g/mol. The normalized spacial score (nSPS) is 12.9. The van der Waals surface area contributed by atoms with E-state index in [0.29, 0.717) is 11.3 Å². The van der Waals surface area contributed by atoms with Gasteiger partial charge < -0.3 is 20.3 Å². The standard InChI is InChI=1S/C30H41N3O4/c1-10-17-33(28(35)24(19(2)3)32-29(36)37-30(7,8)9)26(23-16-11-13-20(4)18-23)27(34)31-25-21(5)14-12-15-22(25)6/h10-16,18-19,24,26H,1,17H2,2-9H3,(H,31,34)(H,32,36). The van der Waals surface area contributed by atoms with Gasteiger partial charge in [-0.1, -0.05) is 68.0 Å². The van der Waals surface area contributed by atoms with Crippen molar-refractivity contribution in [2.24, 2.45) is 5.92 Å². The first-order valence-electron chi connectivity index (χ1n) is 12.6. The minimum absolute atomic E-state index is 0.108. The third-order valence-electron chi connectivity index (χ3n) is 5.86. The number of benzene rings is 2. The van der Waals surface area contributed by atoms with Gasteiger partial charge >= 0.3 is 6.09 Å². The van der Waals surface area contributed by atoms with E-state index in [1.54, 1.807) is 26.8 Å². The van der Waals surface area contributed by atoms with Gasteiger partial charge in [0, 0.05) is 12.2 Å². The Kier molecular flexibility index (Phi) is 10.1. The van der Waals surface area contributed by atoms with Gasteiger partial charge in [-0.3, -0.25) is 9.59 Å². The quantitative estimate of drug-likeness (QED) is 0.417. The lowest BCUT2D eigenvalue weighted by molar-refractivity contribution is -0.141. The van der Waals surface area contributed by atoms with Crippen LogP contribution >= 0.6 is 0 Å². The number of nitrogens with one attached hydrogen (secondary N) is 2. The van der Waals surface area contributed by atoms with Crippen LogP contribution in [0.1, 0.15) is 62.9 Å². The van der Waals surface area contributed by atoms with E-state index in [1.165, 1.54) is 4.90 Å². The van der Waals surface area contributed by atoms with Crippen LogP contribution in [0.25, 0.3) is 0 Å². The summed E-state index contributed by atoms with van der Waals surface area (Å²) in [7, 11) is 0. The van der Waals surface area contributed by atoms with Gasteiger partial charge in [0.2, 0.25) is 5.91 Å². The number of rotatable bonds is 9. The summed E-state index contributed by atoms with van der Waals surface area (Å²) in [4.78, 5) is 41.9. The van der Waals surface area contributed by atoms with Crippen molar-refractivity contribution >= 4 is 23.6 Å². The Bertz CT molecular complexity index is 1110. The van der Waals surface area contributed by atoms with Crippen LogP contribution < -0.4 is 10.6 Å². The largest absolute Gasteiger partial charge is 0.444 e. The Balaban J connectivity index is 2.54. The molecule has 2 rings (SSSR count). The van der Waals surface area contributed by atoms with E-state index in [4.69, 9.17) is 4.74 Å². The van der Waals surface area contributed by atoms with E-state index < -0.39 is 29.7 Å². The average Bonchev–Trinajstić information content (AvgIpc) is 2.78. The van der Waals surface area contributed by atoms with Crippen molar-refractivity contribution in [3.8, 4) is 0 Å². The maximum Gasteiger partial charge on any atom is 0.408 e. The molecule has 2 unspecified atom stereocenters. The van der Waals surface area contributed by atoms with E-state index in [1.807, 2.05) is 77.1 Å². The van der Waals surface area contributed by atoms with Crippen LogP contribution in [0.5, 0.6) is 0 Å². The molecule has 0 aliphatic heterocycles. The van der Waals surface area contributed by atoms with Crippen molar-refractivity contribution in [2.45, 2.75) is 73.1 Å². The fourth-order valence-corrected chi connectivity index (χ4v) is 4.10. The molecule has 0 saturated carbocycles. The van der Waals surface area contributed by atoms with Crippen LogP contribution in [0.2, 0.25) is 0 Å². The maximum atomic E-state index is 14.0. The molecule has 0 spiro atoms. The Morgan fingerprint density at radius 3 is 2.14 bits per heavy atom. The second-order valence-corrected chi connectivity index (χ2v) is 10.7. The number of amides is 3. The third kappa shape index (κ3) is 8.20. The molecule has 2 N–H and O–H groups in total. The summed E-state index contributed by atoms with van der Waals surface area (Å²) in [6.07, 6.45) is 0.892. The number of para-hydroxylation sites is 1. The van der Waals surface area contributed by atoms with Gasteiger partial charge in [-0.25, -0.2) is 4.79 Å². The number of carbonyl (C=O) groups excluding carboxylic acids is 3. The first-order valence-corrected chi connectivity index (χ1v) is 12.6. The van der Waals surface area contributed by atoms with Gasteiger partial charge in [-0.15, -0.1) is 6.58 Å². The van der Waals surface area contributed by atoms with Crippen molar-refractivity contribution in [2.75, 3.05) is 11.9 Å². The minimum Gasteiger partial charge on any atom is -0.444 e. The molecular formula is C30H41N3O4. The fourth-order valence-electron chi connectivity index (χ4n) is 4.10. The molecule has 0 radical (unpaired) electrons. The van der Waals surface area contributed by atoms with Crippen molar-refractivity contribution in [3.63, 3.8) is 0 Å². The molecule has 0 aliphatic rings. The summed E-state index contributed by atoms with van der Waals surface area (Å²) < 4.78 is 5.40. The molecule has 0 fully saturated rings. The Morgan fingerprint density at radius 2 is 1.62 bits per heavy atom. The molecule has 0 bridgehead atoms. The van der Waals surface area contributed by atoms with Crippen molar-refractivity contribution < 1.29 is 19.1 Å². The van der Waals surface area contributed by atoms with Crippen molar-refractivity contribution in [3.05, 3.63) is 77.4 Å². The molecule has 3 amide bonds. The molecule has 0 heterocycles. The summed E-state index contributed by atoms with van der Waals surface area (Å²) in [5.74, 6) is -1.01. The van der Waals surface area contributed by atoms with Gasteiger partial charge in [0.15, 0.2) is 0 Å². The van der Waals surface area contributed by atoms with Gasteiger partial charge in [-0.05, 0) is 64.2 Å². The van der Waals surface area contributed by atoms with Gasteiger partial charge in [-0.2, -0.15) is 0 Å². The van der Waals surface area contributed by atoms with E-state index in [2.05, 4.69) is 17.2 Å². The molecule has 200 valence electrons. The minimum atomic E-state index is -0.953. The monoisotopic (exact) mass is 507 g/mol. The first kappa shape index (κ1) is 29.6. The smallest absolute Gasteiger partial charge is 0.408 e. The zero-order valence-corrected chi connectivity index (χ0v) is 23.3. The molecule has 0 saturated heterocycles. The molecule has 2 atom stereocenters. The van der Waals surface area contributed by atoms with Gasteiger partial charge in [0.25, 0.3) is 5.91 Å². The summed E-state index contributed by atoms with van der Waals surface area (Å²) in [6, 6.07) is 11.4. The molecule has 37 heavy (non-hydrogen) atoms. The number of carbonyl (C=O) groups is 3. The number of alkyl carbamates (subject to hydrolysis) is 1. The predicted octanol–water partition coefficient (Wildman–Crippen LogP) is 5.86. The first-order chi connectivity index (χ1) is 17.2. The molecule has 7 nitrogen and oxygen atoms in total. The topological polar surface area (TPSA) is 87.7 Å². The van der Waals surface area contributed by atoms with Crippen LogP contribution in [-0.4, -0.2) is 41.0 Å². The Labute approximate surface area is 221 Å². The third-order valence-corrected chi connectivity index (χ3v) is 5.86. The van der Waals surface area contributed by atoms with Gasteiger partial charge in [0.1, 0.15) is 17.7 Å². The number of anilines is 1. The number of hydrogen-bond acceptors (Lipinski definition) is 4. The number of ether oxygens (including phenoxy) is 1. The fraction of sp³-hybridized carbons (Fsp3) is 0.433. The maximum absolute atomic E-state index is 14.0. The molecule has 0 aromatic heterocycles. The highest BCUT2D eigenvalue weighted by Crippen LogP contribution is 2.28. The number of nitrogens with zero attached hydrogens (tertiary/aromatic N) is 1. The van der Waals surface area contributed by atoms with Crippen LogP contribution in [0.3, 0.4) is 0 Å². The highest BCUT2D eigenvalue weighted by Gasteiger charge is 2.37. The van der Waals surface area contributed by atoms with Crippen LogP contribution in [0.4, 0.5) is 10.5 Å². The number of aryl methyl sites for hydroxylation is 3. The predicted molar refractivity (Wildman–Crippen MR) is 148 cm³/mol. The van der Waals surface area contributed by atoms with Crippen molar-refractivity contribution in [1.82, 2.24) is 10.2 Å². The lowest BCUT2D eigenvalue weighted by atomic mass is 9.97. The van der Waals surface area contributed by atoms with E-state index in [-0.39, 0.29) is 18.4 Å². The zero-order chi connectivity index (χ0) is 27.9. The highest BCUT2D eigenvalue weighted by atomic mass is 16.6. The average molecular weight is 508 g/mol. The molecule has 2 aromatic rings. The van der Waals surface area contributed by atoms with Crippen molar-refractivity contribution in [1.29, 1.82) is 0 Å². The molecule has 7 heteroatoms. The molecule has 2 aromatic carbocycles. The van der Waals surface area contributed by atoms with Crippen LogP contribution in [0, 0.1) is 26.7 Å². The zero-order valence-electron chi connectivity index (χ0n) is 23.3. The summed E-state index contributed by atoms with van der Waals surface area (Å²) >= 11 is 0. The van der Waals surface area contributed by atoms with Crippen LogP contribution in [0.15, 0.2) is 55.1 Å². The molecule has 0 aliphatic carbocycles. The van der Waals surface area contributed by atoms with E-state index >= 15 is 0 Å². The van der Waals surface area contributed by atoms with Gasteiger partial charge in [0.05, 0.1) is 0 Å². The lowest BCUT2D eigenvalue weighted by Crippen LogP contribution is -2.54. The Morgan fingerprint density at radius 1 is 1.03 bits per heavy atom. The second kappa shape index (κ2) is 12.6. The second-order valence-electron chi connectivity index (χ2n) is 10.7. The van der Waals surface area contributed by atoms with E-state index in [0.717, 1.165) is 16.7 Å².